The lowest BCUT2D eigenvalue weighted by Crippen LogP contribution is -2.54. The fourth-order valence-corrected chi connectivity index (χ4v) is 4.10. The van der Waals surface area contributed by atoms with E-state index in [0.717, 1.165) is 18.4 Å². The van der Waals surface area contributed by atoms with E-state index < -0.39 is 23.8 Å². The van der Waals surface area contributed by atoms with Gasteiger partial charge in [0.25, 0.3) is 0 Å². The van der Waals surface area contributed by atoms with E-state index in [1.807, 2.05) is 74.5 Å². The maximum Gasteiger partial charge on any atom is 0.408 e. The molecular formula is C29H41N3O4. The molecule has 0 bridgehead atoms. The molecule has 0 spiro atoms. The zero-order valence-corrected chi connectivity index (χ0v) is 22.4. The maximum atomic E-state index is 14.0. The topological polar surface area (TPSA) is 87.7 Å². The van der Waals surface area contributed by atoms with E-state index in [0.29, 0.717) is 5.56 Å². The van der Waals surface area contributed by atoms with Crippen LogP contribution in [-0.4, -0.2) is 47.0 Å². The molecule has 0 aromatic heterocycles. The number of hydrogen-bond donors (Lipinski definition) is 2. The zero-order valence-electron chi connectivity index (χ0n) is 22.4. The van der Waals surface area contributed by atoms with E-state index in [4.69, 9.17) is 4.74 Å². The summed E-state index contributed by atoms with van der Waals surface area (Å²) in [7, 11) is 0. The molecule has 2 rings (SSSR count). The van der Waals surface area contributed by atoms with Gasteiger partial charge in [-0.15, -0.1) is 0 Å². The summed E-state index contributed by atoms with van der Waals surface area (Å²) < 4.78 is 5.44. The molecule has 0 fully saturated rings. The lowest BCUT2D eigenvalue weighted by molar-refractivity contribution is -0.142. The Morgan fingerprint density at radius 3 is 2.03 bits per heavy atom. The quantitative estimate of drug-likeness (QED) is 0.458. The first-order valence-corrected chi connectivity index (χ1v) is 12.7. The van der Waals surface area contributed by atoms with E-state index >= 15 is 0 Å². The van der Waals surface area contributed by atoms with Crippen LogP contribution in [0.4, 0.5) is 4.79 Å². The number of hydrogen-bond acceptors (Lipinski definition) is 4. The number of nitrogens with one attached hydrogen (secondary N) is 2. The number of benzene rings is 2. The zero-order chi connectivity index (χ0) is 26.7. The molecule has 3 amide bonds. The maximum absolute atomic E-state index is 14.0. The highest BCUT2D eigenvalue weighted by molar-refractivity contribution is 5.92. The molecule has 3 unspecified atom stereocenters. The summed E-state index contributed by atoms with van der Waals surface area (Å²) in [6, 6.07) is 17.0. The third-order valence-electron chi connectivity index (χ3n) is 5.68. The number of likely N-dealkylation sites (N-methyl/N-ethyl adjacent to an activating group) is 1. The van der Waals surface area contributed by atoms with Gasteiger partial charge in [0.05, 0.1) is 0 Å². The lowest BCUT2D eigenvalue weighted by atomic mass is 10.00. The third-order valence-corrected chi connectivity index (χ3v) is 5.68. The van der Waals surface area contributed by atoms with Crippen LogP contribution in [0.3, 0.4) is 0 Å². The van der Waals surface area contributed by atoms with Gasteiger partial charge < -0.3 is 20.3 Å². The van der Waals surface area contributed by atoms with E-state index in [2.05, 4.69) is 17.6 Å². The van der Waals surface area contributed by atoms with Crippen molar-refractivity contribution in [1.82, 2.24) is 15.5 Å². The molecule has 7 heteroatoms. The van der Waals surface area contributed by atoms with Crippen LogP contribution in [0.2, 0.25) is 0 Å². The first-order chi connectivity index (χ1) is 17.1. The minimum absolute atomic E-state index is 0.0254. The van der Waals surface area contributed by atoms with E-state index in [-0.39, 0.29) is 30.8 Å². The van der Waals surface area contributed by atoms with Crippen molar-refractivity contribution >= 4 is 17.9 Å². The van der Waals surface area contributed by atoms with Gasteiger partial charge in [0.2, 0.25) is 11.8 Å². The molecule has 196 valence electrons. The molecule has 0 aliphatic carbocycles. The van der Waals surface area contributed by atoms with Crippen LogP contribution >= 0.6 is 0 Å². The van der Waals surface area contributed by atoms with E-state index in [9.17, 15) is 14.4 Å². The molecule has 2 N–H and O–H groups in total. The molecule has 36 heavy (non-hydrogen) atoms. The van der Waals surface area contributed by atoms with Crippen molar-refractivity contribution in [3.05, 3.63) is 71.8 Å². The van der Waals surface area contributed by atoms with Crippen molar-refractivity contribution in [2.24, 2.45) is 0 Å². The van der Waals surface area contributed by atoms with Crippen LogP contribution in [-0.2, 0) is 20.7 Å². The normalized spacial score (nSPS) is 13.7. The second kappa shape index (κ2) is 13.7. The summed E-state index contributed by atoms with van der Waals surface area (Å²) >= 11 is 0. The number of carbonyl (C=O) groups excluding carboxylic acids is 3. The van der Waals surface area contributed by atoms with Crippen LogP contribution in [0.15, 0.2) is 60.7 Å². The Hall–Kier alpha value is -3.35. The van der Waals surface area contributed by atoms with Gasteiger partial charge in [-0.05, 0) is 52.2 Å². The van der Waals surface area contributed by atoms with Crippen molar-refractivity contribution in [3.63, 3.8) is 0 Å². The highest BCUT2D eigenvalue weighted by atomic mass is 16.6. The molecule has 0 heterocycles. The van der Waals surface area contributed by atoms with Gasteiger partial charge in [0, 0.05) is 19.0 Å². The lowest BCUT2D eigenvalue weighted by Gasteiger charge is -2.34. The van der Waals surface area contributed by atoms with Crippen LogP contribution in [0.25, 0.3) is 0 Å². The number of nitrogens with zero attached hydrogens (tertiary/aromatic N) is 1. The molecule has 3 atom stereocenters. The fraction of sp³-hybridized carbons (Fsp3) is 0.483. The predicted molar refractivity (Wildman–Crippen MR) is 142 cm³/mol. The Labute approximate surface area is 215 Å². The first kappa shape index (κ1) is 28.9. The van der Waals surface area contributed by atoms with Gasteiger partial charge in [0.1, 0.15) is 17.7 Å². The minimum atomic E-state index is -0.908. The molecule has 2 aromatic carbocycles. The Kier molecular flexibility index (Phi) is 11.0. The Morgan fingerprint density at radius 1 is 0.917 bits per heavy atom. The van der Waals surface area contributed by atoms with Gasteiger partial charge in [-0.25, -0.2) is 4.79 Å². The number of carbonyl (C=O) groups is 3. The molecule has 0 radical (unpaired) electrons. The molecule has 7 nitrogen and oxygen atoms in total. The smallest absolute Gasteiger partial charge is 0.408 e. The molecule has 0 aliphatic rings. The van der Waals surface area contributed by atoms with Crippen LogP contribution in [0, 0.1) is 0 Å². The average molecular weight is 496 g/mol. The number of ether oxygens (including phenoxy) is 1. The summed E-state index contributed by atoms with van der Waals surface area (Å²) in [4.78, 5) is 41.7. The second-order valence-electron chi connectivity index (χ2n) is 10.0. The van der Waals surface area contributed by atoms with Gasteiger partial charge in [-0.2, -0.15) is 0 Å². The summed E-state index contributed by atoms with van der Waals surface area (Å²) in [5, 5.41) is 5.82. The van der Waals surface area contributed by atoms with Crippen molar-refractivity contribution in [1.29, 1.82) is 0 Å². The van der Waals surface area contributed by atoms with Gasteiger partial charge >= 0.3 is 6.09 Å². The highest BCUT2D eigenvalue weighted by Crippen LogP contribution is 2.23. The van der Waals surface area contributed by atoms with Crippen LogP contribution < -0.4 is 10.6 Å². The molecule has 2 aromatic rings. The Balaban J connectivity index is 2.41. The average Bonchev–Trinajstić information content (AvgIpc) is 2.81. The number of rotatable bonds is 11. The van der Waals surface area contributed by atoms with E-state index in [1.54, 1.807) is 20.8 Å². The van der Waals surface area contributed by atoms with E-state index in [1.165, 1.54) is 4.90 Å². The Morgan fingerprint density at radius 2 is 1.50 bits per heavy atom. The Bertz CT molecular complexity index is 973. The standard InChI is InChI=1S/C29H41N3O4/c1-7-15-21(3)30-26(33)25(23-18-13-10-14-19-23)32(8-2)27(34)24(20-22-16-11-9-12-17-22)31-28(35)36-29(4,5)6/h9-14,16-19,21,24-25H,7-8,15,20H2,1-6H3,(H,30,33)(H,31,35). The minimum Gasteiger partial charge on any atom is -0.444 e. The van der Waals surface area contributed by atoms with Crippen molar-refractivity contribution < 1.29 is 19.1 Å². The molecule has 0 saturated heterocycles. The predicted octanol–water partition coefficient (Wildman–Crippen LogP) is 5.02. The molecule has 0 saturated carbocycles. The van der Waals surface area contributed by atoms with Crippen LogP contribution in [0.5, 0.6) is 0 Å². The summed E-state index contributed by atoms with van der Waals surface area (Å²) in [5.41, 5.74) is 0.890. The van der Waals surface area contributed by atoms with Gasteiger partial charge in [-0.3, -0.25) is 9.59 Å². The first-order valence-electron chi connectivity index (χ1n) is 12.7. The van der Waals surface area contributed by atoms with Crippen molar-refractivity contribution in [2.45, 2.75) is 84.5 Å². The summed E-state index contributed by atoms with van der Waals surface area (Å²) in [6.07, 6.45) is 1.37. The largest absolute Gasteiger partial charge is 0.444 e. The second-order valence-corrected chi connectivity index (χ2v) is 10.0. The third kappa shape index (κ3) is 9.02. The summed E-state index contributed by atoms with van der Waals surface area (Å²) in [5.74, 6) is -0.590. The highest BCUT2D eigenvalue weighted by Gasteiger charge is 2.35. The molecular weight excluding hydrogens is 454 g/mol. The van der Waals surface area contributed by atoms with Gasteiger partial charge in [0.15, 0.2) is 0 Å². The summed E-state index contributed by atoms with van der Waals surface area (Å²) in [6.45, 7) is 11.5. The van der Waals surface area contributed by atoms with Crippen molar-refractivity contribution in [2.75, 3.05) is 6.54 Å². The monoisotopic (exact) mass is 495 g/mol. The number of amides is 3. The SMILES string of the molecule is CCCC(C)NC(=O)C(c1ccccc1)N(CC)C(=O)C(Cc1ccccc1)NC(=O)OC(C)(C)C. The fourth-order valence-electron chi connectivity index (χ4n) is 4.10. The number of alkyl carbamates (subject to hydrolysis) is 1. The van der Waals surface area contributed by atoms with Crippen molar-refractivity contribution in [3.8, 4) is 0 Å². The molecule has 0 aliphatic heterocycles. The van der Waals surface area contributed by atoms with Crippen LogP contribution in [0.1, 0.15) is 71.6 Å². The van der Waals surface area contributed by atoms with Gasteiger partial charge in [-0.1, -0.05) is 74.0 Å².